The van der Waals surface area contributed by atoms with Gasteiger partial charge in [0.1, 0.15) is 28.5 Å². The van der Waals surface area contributed by atoms with Gasteiger partial charge in [0.25, 0.3) is 5.56 Å². The average Bonchev–Trinajstić information content (AvgIpc) is 2.86. The van der Waals surface area contributed by atoms with Crippen LogP contribution < -0.4 is 15.2 Å². The van der Waals surface area contributed by atoms with Crippen molar-refractivity contribution in [3.8, 4) is 11.6 Å². The summed E-state index contributed by atoms with van der Waals surface area (Å²) in [6.45, 7) is 1.11. The van der Waals surface area contributed by atoms with Crippen LogP contribution in [0.5, 0.6) is 11.6 Å². The number of anilines is 1. The van der Waals surface area contributed by atoms with Crippen molar-refractivity contribution in [2.75, 3.05) is 18.1 Å². The first-order chi connectivity index (χ1) is 17.2. The summed E-state index contributed by atoms with van der Waals surface area (Å²) < 4.78 is 66.0. The molecule has 0 bridgehead atoms. The van der Waals surface area contributed by atoms with Crippen molar-refractivity contribution in [2.45, 2.75) is 44.6 Å². The van der Waals surface area contributed by atoms with E-state index in [-0.39, 0.29) is 17.4 Å². The Bertz CT molecular complexity index is 1340. The molecule has 2 aromatic heterocycles. The van der Waals surface area contributed by atoms with Gasteiger partial charge in [-0.1, -0.05) is 11.6 Å². The monoisotopic (exact) mass is 525 g/mol. The van der Waals surface area contributed by atoms with Gasteiger partial charge < -0.3 is 14.4 Å². The van der Waals surface area contributed by atoms with Crippen molar-refractivity contribution in [1.82, 2.24) is 19.7 Å². The summed E-state index contributed by atoms with van der Waals surface area (Å²) in [5.41, 5.74) is -0.280. The first-order valence-electron chi connectivity index (χ1n) is 11.2. The summed E-state index contributed by atoms with van der Waals surface area (Å²) >= 11 is 6.42. The molecule has 0 saturated carbocycles. The van der Waals surface area contributed by atoms with Crippen molar-refractivity contribution >= 4 is 17.3 Å². The SMILES string of the molecule is O=c1c(Cl)c(N2CCc3c(ncnc3Oc3ccc(F)cc3C(F)(F)F)C2)cnn1C1CCCCO1. The fourth-order valence-electron chi connectivity index (χ4n) is 4.31. The molecule has 4 heterocycles. The number of ether oxygens (including phenoxy) is 2. The zero-order chi connectivity index (χ0) is 25.4. The number of halogens is 5. The number of nitrogens with zero attached hydrogens (tertiary/aromatic N) is 5. The van der Waals surface area contributed by atoms with Gasteiger partial charge in [-0.2, -0.15) is 23.0 Å². The lowest BCUT2D eigenvalue weighted by Crippen LogP contribution is -2.36. The van der Waals surface area contributed by atoms with Crippen LogP contribution in [-0.2, 0) is 23.9 Å². The second-order valence-electron chi connectivity index (χ2n) is 8.43. The van der Waals surface area contributed by atoms with Crippen LogP contribution in [0, 0.1) is 5.82 Å². The molecule has 1 unspecified atom stereocenters. The normalized spacial score (nSPS) is 18.1. The van der Waals surface area contributed by atoms with Gasteiger partial charge in [0, 0.05) is 18.7 Å². The van der Waals surface area contributed by atoms with Crippen LogP contribution in [0.1, 0.15) is 42.3 Å². The van der Waals surface area contributed by atoms with Gasteiger partial charge in [-0.15, -0.1) is 0 Å². The molecule has 1 saturated heterocycles. The van der Waals surface area contributed by atoms with Crippen molar-refractivity contribution < 1.29 is 27.0 Å². The third-order valence-corrected chi connectivity index (χ3v) is 6.47. The summed E-state index contributed by atoms with van der Waals surface area (Å²) in [5, 5.41) is 4.26. The van der Waals surface area contributed by atoms with Crippen LogP contribution in [0.15, 0.2) is 35.5 Å². The van der Waals surface area contributed by atoms with Gasteiger partial charge in [-0.05, 0) is 43.9 Å². The summed E-state index contributed by atoms with van der Waals surface area (Å²) in [6.07, 6.45) is 0.229. The quantitative estimate of drug-likeness (QED) is 0.448. The molecule has 0 N–H and O–H groups in total. The topological polar surface area (TPSA) is 82.4 Å². The smallest absolute Gasteiger partial charge is 0.420 e. The fraction of sp³-hybridized carbons (Fsp3) is 0.391. The molecule has 1 atom stereocenters. The number of fused-ring (bicyclic) bond motifs is 1. The lowest BCUT2D eigenvalue weighted by molar-refractivity contribution is -0.138. The highest BCUT2D eigenvalue weighted by molar-refractivity contribution is 6.33. The lowest BCUT2D eigenvalue weighted by Gasteiger charge is -2.31. The average molecular weight is 526 g/mol. The van der Waals surface area contributed by atoms with Crippen molar-refractivity contribution in [3.05, 3.63) is 68.7 Å². The summed E-state index contributed by atoms with van der Waals surface area (Å²) in [4.78, 5) is 22.9. The number of alkyl halides is 3. The molecule has 2 aliphatic heterocycles. The highest BCUT2D eigenvalue weighted by Crippen LogP contribution is 2.39. The van der Waals surface area contributed by atoms with Gasteiger partial charge in [-0.25, -0.2) is 14.4 Å². The van der Waals surface area contributed by atoms with Crippen LogP contribution >= 0.6 is 11.6 Å². The highest BCUT2D eigenvalue weighted by atomic mass is 35.5. The zero-order valence-corrected chi connectivity index (χ0v) is 19.5. The van der Waals surface area contributed by atoms with Gasteiger partial charge in [-0.3, -0.25) is 4.79 Å². The fourth-order valence-corrected chi connectivity index (χ4v) is 4.57. The third-order valence-electron chi connectivity index (χ3n) is 6.12. The Morgan fingerprint density at radius 1 is 1.19 bits per heavy atom. The first kappa shape index (κ1) is 24.4. The molecule has 1 aromatic carbocycles. The Hall–Kier alpha value is -3.25. The second kappa shape index (κ2) is 9.66. The maximum absolute atomic E-state index is 13.5. The number of rotatable bonds is 4. The number of benzene rings is 1. The molecule has 0 spiro atoms. The van der Waals surface area contributed by atoms with Crippen LogP contribution in [-0.4, -0.2) is 32.9 Å². The van der Waals surface area contributed by atoms with Crippen LogP contribution in [0.3, 0.4) is 0 Å². The molecule has 8 nitrogen and oxygen atoms in total. The molecule has 0 radical (unpaired) electrons. The van der Waals surface area contributed by atoms with E-state index in [1.54, 1.807) is 4.90 Å². The molecule has 0 aliphatic carbocycles. The van der Waals surface area contributed by atoms with E-state index >= 15 is 0 Å². The summed E-state index contributed by atoms with van der Waals surface area (Å²) in [7, 11) is 0. The minimum Gasteiger partial charge on any atom is -0.438 e. The van der Waals surface area contributed by atoms with Crippen molar-refractivity contribution in [1.29, 1.82) is 0 Å². The van der Waals surface area contributed by atoms with Crippen LogP contribution in [0.4, 0.5) is 23.2 Å². The van der Waals surface area contributed by atoms with Crippen molar-refractivity contribution in [2.24, 2.45) is 0 Å². The molecule has 190 valence electrons. The van der Waals surface area contributed by atoms with Gasteiger partial charge in [0.15, 0.2) is 6.23 Å². The van der Waals surface area contributed by atoms with Gasteiger partial charge in [0.2, 0.25) is 5.88 Å². The molecular weight excluding hydrogens is 506 g/mol. The molecule has 13 heteroatoms. The molecular formula is C23H20ClF4N5O3. The minimum absolute atomic E-state index is 0.00529. The van der Waals surface area contributed by atoms with E-state index in [4.69, 9.17) is 21.1 Å². The first-order valence-corrected chi connectivity index (χ1v) is 11.6. The number of hydrogen-bond acceptors (Lipinski definition) is 7. The van der Waals surface area contributed by atoms with Crippen LogP contribution in [0.2, 0.25) is 5.02 Å². The summed E-state index contributed by atoms with van der Waals surface area (Å²) in [5.74, 6) is -1.64. The summed E-state index contributed by atoms with van der Waals surface area (Å²) in [6, 6.07) is 2.17. The minimum atomic E-state index is -4.81. The molecule has 0 amide bonds. The standard InChI is InChI=1S/C23H20ClF4N5O3/c24-20-17(10-31-33(22(20)34)19-3-1-2-8-35-19)32-7-6-14-16(11-32)29-12-30-21(14)36-18-5-4-13(25)9-15(18)23(26,27)28/h4-5,9-10,12,19H,1-3,6-8,11H2. The van der Waals surface area contributed by atoms with E-state index in [9.17, 15) is 22.4 Å². The predicted octanol–water partition coefficient (Wildman–Crippen LogP) is 4.90. The van der Waals surface area contributed by atoms with Gasteiger partial charge >= 0.3 is 6.18 Å². The zero-order valence-electron chi connectivity index (χ0n) is 18.8. The largest absolute Gasteiger partial charge is 0.438 e. The van der Waals surface area contributed by atoms with E-state index in [1.165, 1.54) is 17.2 Å². The van der Waals surface area contributed by atoms with E-state index in [0.717, 1.165) is 25.0 Å². The number of hydrogen-bond donors (Lipinski definition) is 0. The maximum atomic E-state index is 13.5. The van der Waals surface area contributed by atoms with E-state index in [2.05, 4.69) is 15.1 Å². The maximum Gasteiger partial charge on any atom is 0.420 e. The third kappa shape index (κ3) is 4.74. The Morgan fingerprint density at radius 3 is 2.78 bits per heavy atom. The van der Waals surface area contributed by atoms with E-state index < -0.39 is 35.1 Å². The Balaban J connectivity index is 1.40. The molecule has 3 aromatic rings. The second-order valence-corrected chi connectivity index (χ2v) is 8.81. The molecule has 5 rings (SSSR count). The molecule has 2 aliphatic rings. The highest BCUT2D eigenvalue weighted by Gasteiger charge is 2.36. The Kier molecular flexibility index (Phi) is 6.56. The Morgan fingerprint density at radius 2 is 2.03 bits per heavy atom. The van der Waals surface area contributed by atoms with Crippen LogP contribution in [0.25, 0.3) is 0 Å². The molecule has 36 heavy (non-hydrogen) atoms. The van der Waals surface area contributed by atoms with E-state index in [1.807, 2.05) is 0 Å². The molecule has 1 fully saturated rings. The predicted molar refractivity (Wildman–Crippen MR) is 121 cm³/mol. The number of aromatic nitrogens is 4. The Labute approximate surface area is 207 Å². The lowest BCUT2D eigenvalue weighted by atomic mass is 10.1. The van der Waals surface area contributed by atoms with Gasteiger partial charge in [0.05, 0.1) is 24.1 Å². The van der Waals surface area contributed by atoms with E-state index in [0.29, 0.717) is 49.0 Å². The van der Waals surface area contributed by atoms with Crippen molar-refractivity contribution in [3.63, 3.8) is 0 Å².